The molecule has 0 atom stereocenters. The van der Waals surface area contributed by atoms with Gasteiger partial charge < -0.3 is 0 Å². The van der Waals surface area contributed by atoms with E-state index in [1.165, 1.54) is 38.9 Å². The molecule has 0 aromatic heterocycles. The van der Waals surface area contributed by atoms with Crippen molar-refractivity contribution in [3.8, 4) is 0 Å². The molecule has 0 amide bonds. The second kappa shape index (κ2) is 9.68. The molecule has 0 heterocycles. The van der Waals surface area contributed by atoms with Gasteiger partial charge in [0, 0.05) is 0 Å². The van der Waals surface area contributed by atoms with Crippen molar-refractivity contribution < 1.29 is 4.39 Å². The van der Waals surface area contributed by atoms with E-state index in [4.69, 9.17) is 0 Å². The first-order chi connectivity index (χ1) is 8.81. The molecule has 0 fully saturated rings. The van der Waals surface area contributed by atoms with Gasteiger partial charge in [0.2, 0.25) is 0 Å². The van der Waals surface area contributed by atoms with Gasteiger partial charge in [0.1, 0.15) is 0 Å². The molecule has 0 aliphatic rings. The van der Waals surface area contributed by atoms with E-state index in [9.17, 15) is 4.39 Å². The van der Waals surface area contributed by atoms with Crippen molar-refractivity contribution in [2.45, 2.75) is 54.5 Å². The Labute approximate surface area is 117 Å². The van der Waals surface area contributed by atoms with E-state index in [1.807, 2.05) is 0 Å². The van der Waals surface area contributed by atoms with Crippen LogP contribution in [-0.4, -0.2) is 22.9 Å². The predicted octanol–water partition coefficient (Wildman–Crippen LogP) is 4.99. The summed E-state index contributed by atoms with van der Waals surface area (Å²) in [5.74, 6) is 0. The third kappa shape index (κ3) is 5.62. The molecule has 0 saturated heterocycles. The van der Waals surface area contributed by atoms with Crippen LogP contribution in [0, 0.1) is 0 Å². The summed E-state index contributed by atoms with van der Waals surface area (Å²) in [5, 5.41) is 0. The van der Waals surface area contributed by atoms with Crippen molar-refractivity contribution in [2.75, 3.05) is 6.67 Å². The van der Waals surface area contributed by atoms with Gasteiger partial charge in [0.05, 0.1) is 0 Å². The molecule has 0 aliphatic heterocycles. The van der Waals surface area contributed by atoms with Crippen LogP contribution in [0.5, 0.6) is 0 Å². The maximum absolute atomic E-state index is 12.3. The van der Waals surface area contributed by atoms with Crippen LogP contribution in [0.4, 0.5) is 4.39 Å². The first kappa shape index (κ1) is 15.8. The summed E-state index contributed by atoms with van der Waals surface area (Å²) in [6, 6.07) is 8.71. The average molecular weight is 307 g/mol. The van der Waals surface area contributed by atoms with Gasteiger partial charge in [-0.15, -0.1) is 0 Å². The van der Waals surface area contributed by atoms with Crippen LogP contribution >= 0.6 is 0 Å². The van der Waals surface area contributed by atoms with Gasteiger partial charge in [0.15, 0.2) is 0 Å². The van der Waals surface area contributed by atoms with Crippen molar-refractivity contribution in [3.05, 3.63) is 35.4 Å². The number of aryl methyl sites for hydroxylation is 1. The zero-order valence-electron chi connectivity index (χ0n) is 11.9. The molecule has 0 spiro atoms. The molecule has 1 aromatic rings. The van der Waals surface area contributed by atoms with Crippen molar-refractivity contribution in [1.82, 2.24) is 0 Å². The van der Waals surface area contributed by atoms with Gasteiger partial charge in [-0.1, -0.05) is 0 Å². The topological polar surface area (TPSA) is 0 Å². The summed E-state index contributed by atoms with van der Waals surface area (Å²) in [4.78, 5) is 4.35. The quantitative estimate of drug-likeness (QED) is 0.564. The second-order valence-electron chi connectivity index (χ2n) is 5.21. The summed E-state index contributed by atoms with van der Waals surface area (Å²) >= 11 is -1.11. The Morgan fingerprint density at radius 2 is 1.61 bits per heavy atom. The van der Waals surface area contributed by atoms with Crippen LogP contribution in [0.3, 0.4) is 0 Å². The van der Waals surface area contributed by atoms with Crippen molar-refractivity contribution in [1.29, 1.82) is 0 Å². The van der Waals surface area contributed by atoms with Gasteiger partial charge in [-0.25, -0.2) is 0 Å². The fourth-order valence-corrected chi connectivity index (χ4v) is 9.76. The molecular weight excluding hydrogens is 281 g/mol. The number of alkyl halides is 1. The summed E-state index contributed by atoms with van der Waals surface area (Å²) in [7, 11) is 0. The van der Waals surface area contributed by atoms with Gasteiger partial charge in [-0.3, -0.25) is 0 Å². The van der Waals surface area contributed by atoms with E-state index in [-0.39, 0.29) is 6.67 Å². The minimum absolute atomic E-state index is 0.191. The predicted molar refractivity (Wildman–Crippen MR) is 80.4 cm³/mol. The third-order valence-electron chi connectivity index (χ3n) is 3.60. The molecule has 100 valence electrons. The molecule has 0 bridgehead atoms. The first-order valence-electron chi connectivity index (χ1n) is 7.44. The molecule has 0 saturated carbocycles. The Kier molecular flexibility index (Phi) is 8.52. The average Bonchev–Trinajstić information content (AvgIpc) is 2.38. The van der Waals surface area contributed by atoms with E-state index in [0.29, 0.717) is 6.42 Å². The Hall–Kier alpha value is -0.214. The summed E-state index contributed by atoms with van der Waals surface area (Å²) in [5.41, 5.74) is 2.93. The Balaban J connectivity index is 2.67. The number of benzene rings is 1. The van der Waals surface area contributed by atoms with E-state index in [0.717, 1.165) is 6.42 Å². The zero-order valence-corrected chi connectivity index (χ0v) is 14.3. The van der Waals surface area contributed by atoms with Crippen LogP contribution in [0.1, 0.15) is 44.2 Å². The zero-order chi connectivity index (χ0) is 13.2. The molecule has 0 aliphatic carbocycles. The molecular formula is C16H26FGa. The normalized spacial score (nSPS) is 10.6. The van der Waals surface area contributed by atoms with Crippen LogP contribution in [-0.2, 0) is 11.4 Å². The van der Waals surface area contributed by atoms with Crippen LogP contribution in [0.2, 0.25) is 9.95 Å². The summed E-state index contributed by atoms with van der Waals surface area (Å²) < 4.78 is 12.3. The standard InChI is InChI=1S/C10H12F.2C3H7.Ga/c1-9-5-2-3-6-10(9)7-4-8-11;2*1-3-2;/h2-3,5-6H,1,4,7-8H2;2*1,3H2,2H3;. The molecule has 18 heavy (non-hydrogen) atoms. The second-order valence-corrected chi connectivity index (χ2v) is 12.1. The molecule has 0 radical (unpaired) electrons. The SMILES string of the molecule is CC[CH2][Ga]([CH2]CC)[CH2]c1ccccc1CCCF. The fraction of sp³-hybridized carbons (Fsp3) is 0.625. The van der Waals surface area contributed by atoms with E-state index >= 15 is 0 Å². The van der Waals surface area contributed by atoms with E-state index < -0.39 is 16.2 Å². The molecule has 1 rings (SSSR count). The fourth-order valence-electron chi connectivity index (χ4n) is 2.73. The van der Waals surface area contributed by atoms with Crippen molar-refractivity contribution >= 4 is 16.2 Å². The molecule has 0 unspecified atom stereocenters. The van der Waals surface area contributed by atoms with Gasteiger partial charge in [0.25, 0.3) is 0 Å². The first-order valence-corrected chi connectivity index (χ1v) is 12.6. The van der Waals surface area contributed by atoms with Crippen molar-refractivity contribution in [3.63, 3.8) is 0 Å². The summed E-state index contributed by atoms with van der Waals surface area (Å²) in [6.45, 7) is 4.43. The minimum atomic E-state index is -1.11. The number of hydrogen-bond acceptors (Lipinski definition) is 0. The Morgan fingerprint density at radius 1 is 1.00 bits per heavy atom. The van der Waals surface area contributed by atoms with Crippen LogP contribution in [0.15, 0.2) is 24.3 Å². The number of rotatable bonds is 9. The van der Waals surface area contributed by atoms with Gasteiger partial charge >= 0.3 is 117 Å². The van der Waals surface area contributed by atoms with E-state index in [2.05, 4.69) is 38.1 Å². The van der Waals surface area contributed by atoms with Crippen molar-refractivity contribution in [2.24, 2.45) is 0 Å². The number of hydrogen-bond donors (Lipinski definition) is 0. The molecule has 0 nitrogen and oxygen atoms in total. The Morgan fingerprint density at radius 3 is 2.17 bits per heavy atom. The van der Waals surface area contributed by atoms with Crippen LogP contribution in [0.25, 0.3) is 0 Å². The van der Waals surface area contributed by atoms with E-state index in [1.54, 1.807) is 0 Å². The molecule has 1 aromatic carbocycles. The molecule has 0 N–H and O–H groups in total. The monoisotopic (exact) mass is 306 g/mol. The Bertz CT molecular complexity index is 319. The van der Waals surface area contributed by atoms with Gasteiger partial charge in [-0.05, 0) is 0 Å². The van der Waals surface area contributed by atoms with Gasteiger partial charge in [-0.2, -0.15) is 0 Å². The van der Waals surface area contributed by atoms with Crippen LogP contribution < -0.4 is 0 Å². The maximum atomic E-state index is 12.3. The number of halogens is 1. The summed E-state index contributed by atoms with van der Waals surface area (Å²) in [6.07, 6.45) is 4.28. The third-order valence-corrected chi connectivity index (χ3v) is 11.6. The molecule has 2 heteroatoms.